The van der Waals surface area contributed by atoms with Gasteiger partial charge in [0.2, 0.25) is 0 Å². The third-order valence-electron chi connectivity index (χ3n) is 2.45. The Morgan fingerprint density at radius 1 is 1.69 bits per heavy atom. The molecule has 0 aromatic heterocycles. The summed E-state index contributed by atoms with van der Waals surface area (Å²) in [5.41, 5.74) is 8.69. The van der Waals surface area contributed by atoms with Crippen LogP contribution in [-0.2, 0) is 14.3 Å². The molecule has 3 unspecified atom stereocenters. The van der Waals surface area contributed by atoms with E-state index in [0.29, 0.717) is 5.57 Å². The number of aliphatic hydroxyl groups is 1. The molecule has 0 aliphatic heterocycles. The maximum Gasteiger partial charge on any atom is 0.333 e. The lowest BCUT2D eigenvalue weighted by atomic mass is 9.90. The van der Waals surface area contributed by atoms with Crippen LogP contribution in [0, 0.1) is 0 Å². The van der Waals surface area contributed by atoms with Crippen LogP contribution >= 0.6 is 0 Å². The van der Waals surface area contributed by atoms with Gasteiger partial charge in [0.25, 0.3) is 0 Å². The summed E-state index contributed by atoms with van der Waals surface area (Å²) in [6.45, 7) is 0. The summed E-state index contributed by atoms with van der Waals surface area (Å²) >= 11 is 0. The summed E-state index contributed by atoms with van der Waals surface area (Å²) in [5, 5.41) is 13.2. The molecule has 1 aliphatic rings. The normalized spacial score (nSPS) is 28.9. The first kappa shape index (κ1) is 12.5. The van der Waals surface area contributed by atoms with Crippen LogP contribution < -0.4 is 0 Å². The standard InChI is InChI=1S/C9H13N3O4/c1-15-7-4-5(9(14)16-2)3-6(8(7)13)11-12-10/h4,6-8,13H,3H2,1-2H3. The second-order valence-electron chi connectivity index (χ2n) is 3.35. The van der Waals surface area contributed by atoms with Crippen LogP contribution in [0.15, 0.2) is 16.8 Å². The lowest BCUT2D eigenvalue weighted by Gasteiger charge is -2.29. The Hall–Kier alpha value is -1.56. The molecule has 0 heterocycles. The number of carbonyl (C=O) groups excluding carboxylic acids is 1. The number of nitrogens with zero attached hydrogens (tertiary/aromatic N) is 3. The third-order valence-corrected chi connectivity index (χ3v) is 2.45. The van der Waals surface area contributed by atoms with Gasteiger partial charge in [0.15, 0.2) is 0 Å². The molecule has 0 spiro atoms. The Balaban J connectivity index is 2.95. The van der Waals surface area contributed by atoms with E-state index in [9.17, 15) is 9.90 Å². The first-order valence-electron chi connectivity index (χ1n) is 4.68. The van der Waals surface area contributed by atoms with E-state index in [1.807, 2.05) is 0 Å². The molecule has 88 valence electrons. The van der Waals surface area contributed by atoms with Gasteiger partial charge in [0.1, 0.15) is 6.10 Å². The Morgan fingerprint density at radius 3 is 2.88 bits per heavy atom. The van der Waals surface area contributed by atoms with Gasteiger partial charge >= 0.3 is 5.97 Å². The monoisotopic (exact) mass is 227 g/mol. The van der Waals surface area contributed by atoms with Crippen LogP contribution in [0.3, 0.4) is 0 Å². The van der Waals surface area contributed by atoms with Gasteiger partial charge in [-0.3, -0.25) is 0 Å². The summed E-state index contributed by atoms with van der Waals surface area (Å²) in [6, 6.07) is -0.714. The molecule has 0 amide bonds. The van der Waals surface area contributed by atoms with Gasteiger partial charge in [-0.15, -0.1) is 0 Å². The highest BCUT2D eigenvalue weighted by molar-refractivity contribution is 5.88. The van der Waals surface area contributed by atoms with E-state index in [4.69, 9.17) is 10.3 Å². The van der Waals surface area contributed by atoms with Crippen molar-refractivity contribution in [1.29, 1.82) is 0 Å². The molecule has 0 bridgehead atoms. The minimum absolute atomic E-state index is 0.151. The van der Waals surface area contributed by atoms with Crippen molar-refractivity contribution >= 4 is 5.97 Å². The van der Waals surface area contributed by atoms with Crippen LogP contribution in [0.25, 0.3) is 10.4 Å². The Labute approximate surface area is 92.3 Å². The van der Waals surface area contributed by atoms with Crippen LogP contribution in [0.5, 0.6) is 0 Å². The molecule has 1 aliphatic carbocycles. The van der Waals surface area contributed by atoms with E-state index in [1.165, 1.54) is 20.3 Å². The van der Waals surface area contributed by atoms with Gasteiger partial charge in [0.05, 0.1) is 19.3 Å². The molecule has 0 saturated heterocycles. The summed E-state index contributed by atoms with van der Waals surface area (Å²) in [4.78, 5) is 14.0. The first-order chi connectivity index (χ1) is 7.63. The molecule has 3 atom stereocenters. The Morgan fingerprint density at radius 2 is 2.38 bits per heavy atom. The maximum absolute atomic E-state index is 11.3. The van der Waals surface area contributed by atoms with Gasteiger partial charge in [-0.05, 0) is 18.0 Å². The predicted molar refractivity (Wildman–Crippen MR) is 54.5 cm³/mol. The van der Waals surface area contributed by atoms with E-state index in [-0.39, 0.29) is 6.42 Å². The van der Waals surface area contributed by atoms with Gasteiger partial charge in [-0.2, -0.15) is 0 Å². The van der Waals surface area contributed by atoms with Crippen LogP contribution in [-0.4, -0.2) is 43.5 Å². The van der Waals surface area contributed by atoms with Crippen molar-refractivity contribution in [3.63, 3.8) is 0 Å². The number of azide groups is 1. The topological polar surface area (TPSA) is 105 Å². The van der Waals surface area contributed by atoms with Crippen LogP contribution in [0.1, 0.15) is 6.42 Å². The molecule has 7 heteroatoms. The summed E-state index contributed by atoms with van der Waals surface area (Å²) in [6.07, 6.45) is 0.0187. The van der Waals surface area contributed by atoms with Gasteiger partial charge in [0, 0.05) is 17.6 Å². The molecule has 0 radical (unpaired) electrons. The lowest BCUT2D eigenvalue weighted by molar-refractivity contribution is -0.136. The summed E-state index contributed by atoms with van der Waals surface area (Å²) < 4.78 is 9.55. The number of ether oxygens (including phenoxy) is 2. The van der Waals surface area contributed by atoms with E-state index < -0.39 is 24.2 Å². The van der Waals surface area contributed by atoms with Crippen molar-refractivity contribution in [2.75, 3.05) is 14.2 Å². The fraction of sp³-hybridized carbons (Fsp3) is 0.667. The number of rotatable bonds is 3. The number of esters is 1. The molecule has 7 nitrogen and oxygen atoms in total. The fourth-order valence-electron chi connectivity index (χ4n) is 1.60. The second-order valence-corrected chi connectivity index (χ2v) is 3.35. The molecular weight excluding hydrogens is 214 g/mol. The number of methoxy groups -OCH3 is 2. The van der Waals surface area contributed by atoms with Crippen molar-refractivity contribution in [2.24, 2.45) is 5.11 Å². The average molecular weight is 227 g/mol. The number of hydrogen-bond donors (Lipinski definition) is 1. The number of carbonyl (C=O) groups is 1. The maximum atomic E-state index is 11.3. The molecular formula is C9H13N3O4. The SMILES string of the molecule is COC(=O)C1=CC(OC)C(O)C(N=[N+]=[N-])C1. The van der Waals surface area contributed by atoms with E-state index >= 15 is 0 Å². The molecule has 0 aromatic carbocycles. The van der Waals surface area contributed by atoms with Gasteiger partial charge < -0.3 is 14.6 Å². The number of hydrogen-bond acceptors (Lipinski definition) is 5. The molecule has 1 rings (SSSR count). The zero-order valence-corrected chi connectivity index (χ0v) is 9.03. The molecule has 0 fully saturated rings. The van der Waals surface area contributed by atoms with Crippen molar-refractivity contribution in [2.45, 2.75) is 24.7 Å². The van der Waals surface area contributed by atoms with Crippen molar-refractivity contribution in [3.8, 4) is 0 Å². The summed E-state index contributed by atoms with van der Waals surface area (Å²) in [5.74, 6) is -0.507. The smallest absolute Gasteiger partial charge is 0.333 e. The zero-order valence-electron chi connectivity index (χ0n) is 9.03. The molecule has 16 heavy (non-hydrogen) atoms. The lowest BCUT2D eigenvalue weighted by Crippen LogP contribution is -2.41. The molecule has 0 saturated carbocycles. The Kier molecular flexibility index (Phi) is 4.30. The largest absolute Gasteiger partial charge is 0.466 e. The highest BCUT2D eigenvalue weighted by atomic mass is 16.5. The number of aliphatic hydroxyl groups excluding tert-OH is 1. The highest BCUT2D eigenvalue weighted by Crippen LogP contribution is 2.24. The highest BCUT2D eigenvalue weighted by Gasteiger charge is 2.33. The van der Waals surface area contributed by atoms with E-state index in [0.717, 1.165) is 0 Å². The average Bonchev–Trinajstić information content (AvgIpc) is 2.31. The van der Waals surface area contributed by atoms with Crippen molar-refractivity contribution < 1.29 is 19.4 Å². The van der Waals surface area contributed by atoms with Crippen molar-refractivity contribution in [3.05, 3.63) is 22.1 Å². The third kappa shape index (κ3) is 2.52. The fourth-order valence-corrected chi connectivity index (χ4v) is 1.60. The van der Waals surface area contributed by atoms with Crippen molar-refractivity contribution in [1.82, 2.24) is 0 Å². The molecule has 1 N–H and O–H groups in total. The summed E-state index contributed by atoms with van der Waals surface area (Å²) in [7, 11) is 2.66. The van der Waals surface area contributed by atoms with Crippen LogP contribution in [0.4, 0.5) is 0 Å². The first-order valence-corrected chi connectivity index (χ1v) is 4.68. The zero-order chi connectivity index (χ0) is 12.1. The second kappa shape index (κ2) is 5.50. The Bertz CT molecular complexity index is 349. The minimum atomic E-state index is -0.950. The van der Waals surface area contributed by atoms with E-state index in [1.54, 1.807) is 0 Å². The minimum Gasteiger partial charge on any atom is -0.466 e. The quantitative estimate of drug-likeness (QED) is 0.329. The predicted octanol–water partition coefficient (Wildman–Crippen LogP) is 0.544. The van der Waals surface area contributed by atoms with Gasteiger partial charge in [-0.1, -0.05) is 5.11 Å². The molecule has 0 aromatic rings. The van der Waals surface area contributed by atoms with Crippen LogP contribution in [0.2, 0.25) is 0 Å². The van der Waals surface area contributed by atoms with E-state index in [2.05, 4.69) is 14.8 Å². The van der Waals surface area contributed by atoms with Gasteiger partial charge in [-0.25, -0.2) is 4.79 Å².